The minimum atomic E-state index is 0.709. The molecule has 0 amide bonds. The Balaban J connectivity index is 2.81. The van der Waals surface area contributed by atoms with E-state index in [2.05, 4.69) is 0 Å². The second kappa shape index (κ2) is 3.30. The Morgan fingerprint density at radius 3 is 1.60 bits per heavy atom. The summed E-state index contributed by atoms with van der Waals surface area (Å²) >= 11 is 0. The van der Waals surface area contributed by atoms with Crippen LogP contribution in [0.4, 0.5) is 0 Å². The summed E-state index contributed by atoms with van der Waals surface area (Å²) in [5.74, 6) is 0. The van der Waals surface area contributed by atoms with Gasteiger partial charge in [0.2, 0.25) is 0 Å². The van der Waals surface area contributed by atoms with Gasteiger partial charge >= 0.3 is 0 Å². The lowest BCUT2D eigenvalue weighted by Crippen LogP contribution is -2.01. The van der Waals surface area contributed by atoms with Crippen LogP contribution in [-0.2, 0) is 9.59 Å². The van der Waals surface area contributed by atoms with E-state index in [1.165, 1.54) is 0 Å². The zero-order valence-electron chi connectivity index (χ0n) is 5.80. The molecule has 1 rings (SSSR count). The van der Waals surface area contributed by atoms with Crippen LogP contribution in [0.2, 0.25) is 0 Å². The van der Waals surface area contributed by atoms with E-state index in [4.69, 9.17) is 0 Å². The van der Waals surface area contributed by atoms with Gasteiger partial charge in [-0.25, -0.2) is 0 Å². The first-order valence-corrected chi connectivity index (χ1v) is 3.51. The molecule has 0 aromatic heterocycles. The van der Waals surface area contributed by atoms with Crippen LogP contribution in [0.15, 0.2) is 11.1 Å². The number of allylic oxidation sites excluding steroid dienone is 2. The molecule has 2 nitrogen and oxygen atoms in total. The highest BCUT2D eigenvalue weighted by Crippen LogP contribution is 2.21. The van der Waals surface area contributed by atoms with E-state index in [1.807, 2.05) is 0 Å². The van der Waals surface area contributed by atoms with Gasteiger partial charge in [-0.3, -0.25) is 9.59 Å². The fourth-order valence-corrected chi connectivity index (χ4v) is 1.22. The molecule has 1 aliphatic rings. The summed E-state index contributed by atoms with van der Waals surface area (Å²) < 4.78 is 0. The third-order valence-electron chi connectivity index (χ3n) is 1.84. The fraction of sp³-hybridized carbons (Fsp3) is 0.500. The summed E-state index contributed by atoms with van der Waals surface area (Å²) in [4.78, 5) is 20.6. The highest BCUT2D eigenvalue weighted by molar-refractivity contribution is 5.86. The molecule has 54 valence electrons. The lowest BCUT2D eigenvalue weighted by atomic mass is 9.93. The normalized spacial score (nSPS) is 18.8. The maximum atomic E-state index is 10.3. The van der Waals surface area contributed by atoms with Crippen molar-refractivity contribution in [1.29, 1.82) is 0 Å². The van der Waals surface area contributed by atoms with Crippen molar-refractivity contribution in [3.05, 3.63) is 11.1 Å². The highest BCUT2D eigenvalue weighted by atomic mass is 16.1. The van der Waals surface area contributed by atoms with Gasteiger partial charge in [0.15, 0.2) is 0 Å². The molecule has 0 saturated carbocycles. The first kappa shape index (κ1) is 7.19. The van der Waals surface area contributed by atoms with E-state index < -0.39 is 0 Å². The van der Waals surface area contributed by atoms with Crippen LogP contribution in [0.25, 0.3) is 0 Å². The van der Waals surface area contributed by atoms with Crippen LogP contribution in [0.1, 0.15) is 25.7 Å². The highest BCUT2D eigenvalue weighted by Gasteiger charge is 2.10. The molecular formula is C8H10O2. The third-order valence-corrected chi connectivity index (χ3v) is 1.84. The number of carbonyl (C=O) groups is 2. The molecule has 0 aromatic carbocycles. The summed E-state index contributed by atoms with van der Waals surface area (Å²) in [5, 5.41) is 0. The van der Waals surface area contributed by atoms with Gasteiger partial charge in [0.25, 0.3) is 0 Å². The Kier molecular flexibility index (Phi) is 2.37. The Morgan fingerprint density at radius 1 is 0.900 bits per heavy atom. The topological polar surface area (TPSA) is 34.1 Å². The van der Waals surface area contributed by atoms with Gasteiger partial charge in [0.1, 0.15) is 12.6 Å². The van der Waals surface area contributed by atoms with E-state index >= 15 is 0 Å². The number of carbonyl (C=O) groups excluding carboxylic acids is 2. The number of aldehydes is 2. The predicted molar refractivity (Wildman–Crippen MR) is 37.6 cm³/mol. The number of hydrogen-bond acceptors (Lipinski definition) is 2. The first-order chi connectivity index (χ1) is 4.88. The third kappa shape index (κ3) is 1.32. The molecule has 0 N–H and O–H groups in total. The van der Waals surface area contributed by atoms with Crippen LogP contribution >= 0.6 is 0 Å². The van der Waals surface area contributed by atoms with Crippen molar-refractivity contribution in [3.8, 4) is 0 Å². The molecule has 0 radical (unpaired) electrons. The summed E-state index contributed by atoms with van der Waals surface area (Å²) in [6.07, 6.45) is 5.29. The fourth-order valence-electron chi connectivity index (χ4n) is 1.22. The molecule has 0 heterocycles. The molecule has 0 aromatic rings. The average molecular weight is 138 g/mol. The first-order valence-electron chi connectivity index (χ1n) is 3.51. The van der Waals surface area contributed by atoms with Gasteiger partial charge in [-0.15, -0.1) is 0 Å². The summed E-state index contributed by atoms with van der Waals surface area (Å²) in [5.41, 5.74) is 1.42. The zero-order chi connectivity index (χ0) is 7.40. The molecule has 0 fully saturated rings. The minimum absolute atomic E-state index is 0.709. The van der Waals surface area contributed by atoms with Gasteiger partial charge in [0.05, 0.1) is 0 Å². The van der Waals surface area contributed by atoms with E-state index in [0.717, 1.165) is 38.3 Å². The summed E-state index contributed by atoms with van der Waals surface area (Å²) in [6, 6.07) is 0. The van der Waals surface area contributed by atoms with Crippen LogP contribution in [0, 0.1) is 0 Å². The SMILES string of the molecule is O=CC1=C(C=O)CCCC1. The Hall–Kier alpha value is -0.920. The van der Waals surface area contributed by atoms with Crippen molar-refractivity contribution < 1.29 is 9.59 Å². The largest absolute Gasteiger partial charge is 0.298 e. The van der Waals surface area contributed by atoms with Gasteiger partial charge < -0.3 is 0 Å². The van der Waals surface area contributed by atoms with E-state index in [0.29, 0.717) is 11.1 Å². The molecule has 0 spiro atoms. The second-order valence-corrected chi connectivity index (χ2v) is 2.49. The van der Waals surface area contributed by atoms with Crippen molar-refractivity contribution in [3.63, 3.8) is 0 Å². The summed E-state index contributed by atoms with van der Waals surface area (Å²) in [7, 11) is 0. The molecule has 2 heteroatoms. The minimum Gasteiger partial charge on any atom is -0.298 e. The monoisotopic (exact) mass is 138 g/mol. The van der Waals surface area contributed by atoms with Crippen molar-refractivity contribution in [2.45, 2.75) is 25.7 Å². The van der Waals surface area contributed by atoms with Crippen molar-refractivity contribution >= 4 is 12.6 Å². The number of hydrogen-bond donors (Lipinski definition) is 0. The molecule has 10 heavy (non-hydrogen) atoms. The number of rotatable bonds is 2. The lowest BCUT2D eigenvalue weighted by Gasteiger charge is -2.10. The maximum absolute atomic E-state index is 10.3. The second-order valence-electron chi connectivity index (χ2n) is 2.49. The smallest absolute Gasteiger partial charge is 0.146 e. The molecule has 0 bridgehead atoms. The predicted octanol–water partition coefficient (Wildman–Crippen LogP) is 1.25. The maximum Gasteiger partial charge on any atom is 0.146 e. The van der Waals surface area contributed by atoms with Gasteiger partial charge in [-0.05, 0) is 36.8 Å². The molecule has 0 aliphatic heterocycles. The van der Waals surface area contributed by atoms with Crippen LogP contribution in [-0.4, -0.2) is 12.6 Å². The van der Waals surface area contributed by atoms with Crippen molar-refractivity contribution in [2.24, 2.45) is 0 Å². The summed E-state index contributed by atoms with van der Waals surface area (Å²) in [6.45, 7) is 0. The van der Waals surface area contributed by atoms with E-state index in [1.54, 1.807) is 0 Å². The van der Waals surface area contributed by atoms with E-state index in [9.17, 15) is 9.59 Å². The Morgan fingerprint density at radius 2 is 1.30 bits per heavy atom. The van der Waals surface area contributed by atoms with Crippen LogP contribution in [0.5, 0.6) is 0 Å². The van der Waals surface area contributed by atoms with Gasteiger partial charge in [0, 0.05) is 0 Å². The molecular weight excluding hydrogens is 128 g/mol. The molecule has 0 atom stereocenters. The molecule has 0 unspecified atom stereocenters. The lowest BCUT2D eigenvalue weighted by molar-refractivity contribution is -0.107. The van der Waals surface area contributed by atoms with Gasteiger partial charge in [-0.2, -0.15) is 0 Å². The van der Waals surface area contributed by atoms with Crippen LogP contribution in [0.3, 0.4) is 0 Å². The standard InChI is InChI=1S/C8H10O2/c9-5-7-3-1-2-4-8(7)6-10/h5-6H,1-4H2. The van der Waals surface area contributed by atoms with Gasteiger partial charge in [-0.1, -0.05) is 0 Å². The van der Waals surface area contributed by atoms with Crippen LogP contribution < -0.4 is 0 Å². The van der Waals surface area contributed by atoms with Crippen molar-refractivity contribution in [2.75, 3.05) is 0 Å². The van der Waals surface area contributed by atoms with Crippen molar-refractivity contribution in [1.82, 2.24) is 0 Å². The average Bonchev–Trinajstić information content (AvgIpc) is 2.04. The van der Waals surface area contributed by atoms with E-state index in [-0.39, 0.29) is 0 Å². The Bertz CT molecular complexity index is 160. The molecule has 1 aliphatic carbocycles. The Labute approximate surface area is 59.9 Å². The zero-order valence-corrected chi connectivity index (χ0v) is 5.80. The quantitative estimate of drug-likeness (QED) is 0.538. The molecule has 0 saturated heterocycles.